The molecule has 1 aliphatic rings. The van der Waals surface area contributed by atoms with Crippen molar-refractivity contribution in [3.63, 3.8) is 0 Å². The van der Waals surface area contributed by atoms with Crippen molar-refractivity contribution in [3.8, 4) is 0 Å². The maximum atomic E-state index is 13.6. The normalized spacial score (nSPS) is 16.2. The minimum atomic E-state index is -0.757. The van der Waals surface area contributed by atoms with Gasteiger partial charge in [0, 0.05) is 18.3 Å². The van der Waals surface area contributed by atoms with Crippen LogP contribution in [0.5, 0.6) is 0 Å². The van der Waals surface area contributed by atoms with Gasteiger partial charge in [-0.2, -0.15) is 5.10 Å². The monoisotopic (exact) mass is 454 g/mol. The number of aryl methyl sites for hydroxylation is 2. The number of ether oxygens (including phenoxy) is 1. The zero-order valence-electron chi connectivity index (χ0n) is 18.3. The van der Waals surface area contributed by atoms with Gasteiger partial charge in [-0.3, -0.25) is 14.0 Å². The minimum absolute atomic E-state index is 0.191. The summed E-state index contributed by atoms with van der Waals surface area (Å²) in [5.41, 5.74) is 2.73. The maximum Gasteiger partial charge on any atom is 0.338 e. The Balaban J connectivity index is 1.95. The molecule has 0 bridgehead atoms. The SMILES string of the molecule is CCOC(=O)C1=C(C)N=c2sc(=Cc3cn(CC)nc3C)c(=O)n2C1c1ccc(F)cc1. The number of hydrogen-bond donors (Lipinski definition) is 0. The number of fused-ring (bicyclic) bond motifs is 1. The van der Waals surface area contributed by atoms with Crippen LogP contribution in [-0.4, -0.2) is 26.9 Å². The number of carbonyl (C=O) groups is 1. The highest BCUT2D eigenvalue weighted by molar-refractivity contribution is 7.07. The van der Waals surface area contributed by atoms with E-state index in [0.717, 1.165) is 17.8 Å². The average Bonchev–Trinajstić information content (AvgIpc) is 3.27. The molecule has 4 rings (SSSR count). The van der Waals surface area contributed by atoms with Gasteiger partial charge >= 0.3 is 5.97 Å². The summed E-state index contributed by atoms with van der Waals surface area (Å²) in [5.74, 6) is -0.944. The van der Waals surface area contributed by atoms with Gasteiger partial charge in [-0.15, -0.1) is 0 Å². The lowest BCUT2D eigenvalue weighted by Crippen LogP contribution is -2.39. The van der Waals surface area contributed by atoms with Crippen molar-refractivity contribution >= 4 is 23.4 Å². The molecule has 1 aliphatic heterocycles. The lowest BCUT2D eigenvalue weighted by molar-refractivity contribution is -0.139. The van der Waals surface area contributed by atoms with Crippen molar-refractivity contribution < 1.29 is 13.9 Å². The molecule has 0 fully saturated rings. The first-order valence-electron chi connectivity index (χ1n) is 10.3. The molecular weight excluding hydrogens is 431 g/mol. The molecule has 3 aromatic rings. The number of esters is 1. The van der Waals surface area contributed by atoms with Crippen molar-refractivity contribution in [2.75, 3.05) is 6.61 Å². The van der Waals surface area contributed by atoms with Crippen molar-refractivity contribution in [2.24, 2.45) is 4.99 Å². The molecule has 0 amide bonds. The van der Waals surface area contributed by atoms with E-state index in [1.54, 1.807) is 32.1 Å². The highest BCUT2D eigenvalue weighted by Gasteiger charge is 2.33. The van der Waals surface area contributed by atoms with Crippen LogP contribution in [-0.2, 0) is 16.1 Å². The Morgan fingerprint density at radius 1 is 1.25 bits per heavy atom. The Morgan fingerprint density at radius 2 is 1.97 bits per heavy atom. The van der Waals surface area contributed by atoms with E-state index in [4.69, 9.17) is 4.74 Å². The summed E-state index contributed by atoms with van der Waals surface area (Å²) in [6.45, 7) is 8.23. The van der Waals surface area contributed by atoms with Crippen LogP contribution >= 0.6 is 11.3 Å². The molecule has 3 heterocycles. The number of hydrogen-bond acceptors (Lipinski definition) is 6. The number of thiazole rings is 1. The highest BCUT2D eigenvalue weighted by Crippen LogP contribution is 2.30. The summed E-state index contributed by atoms with van der Waals surface area (Å²) in [5, 5.41) is 4.43. The molecule has 0 saturated heterocycles. The second-order valence-corrected chi connectivity index (χ2v) is 8.39. The van der Waals surface area contributed by atoms with Crippen LogP contribution in [0, 0.1) is 12.7 Å². The smallest absolute Gasteiger partial charge is 0.338 e. The fourth-order valence-corrected chi connectivity index (χ4v) is 4.77. The predicted molar refractivity (Wildman–Crippen MR) is 119 cm³/mol. The number of benzene rings is 1. The summed E-state index contributed by atoms with van der Waals surface area (Å²) in [7, 11) is 0. The van der Waals surface area contributed by atoms with Crippen LogP contribution in [0.1, 0.15) is 43.6 Å². The van der Waals surface area contributed by atoms with Crippen molar-refractivity contribution in [3.05, 3.63) is 84.1 Å². The molecule has 166 valence electrons. The minimum Gasteiger partial charge on any atom is -0.463 e. The standard InChI is InChI=1S/C23H23FN4O3S/c1-5-27-12-16(13(3)26-27)11-18-21(29)28-20(15-7-9-17(24)10-8-15)19(22(30)31-6-2)14(4)25-23(28)32-18/h7-12,20H,5-6H2,1-4H3. The largest absolute Gasteiger partial charge is 0.463 e. The zero-order valence-corrected chi connectivity index (χ0v) is 19.1. The van der Waals surface area contributed by atoms with Gasteiger partial charge < -0.3 is 4.74 Å². The molecule has 7 nitrogen and oxygen atoms in total. The number of aromatic nitrogens is 3. The Kier molecular flexibility index (Phi) is 5.92. The van der Waals surface area contributed by atoms with Crippen molar-refractivity contribution in [1.82, 2.24) is 14.3 Å². The van der Waals surface area contributed by atoms with Gasteiger partial charge in [-0.1, -0.05) is 23.5 Å². The third kappa shape index (κ3) is 3.84. The fourth-order valence-electron chi connectivity index (χ4n) is 3.73. The number of nitrogens with zero attached hydrogens (tertiary/aromatic N) is 4. The summed E-state index contributed by atoms with van der Waals surface area (Å²) in [4.78, 5) is 31.3. The third-order valence-corrected chi connectivity index (χ3v) is 6.28. The Morgan fingerprint density at radius 3 is 2.59 bits per heavy atom. The predicted octanol–water partition coefficient (Wildman–Crippen LogP) is 2.46. The molecule has 9 heteroatoms. The van der Waals surface area contributed by atoms with E-state index in [1.165, 1.54) is 28.0 Å². The van der Waals surface area contributed by atoms with Crippen molar-refractivity contribution in [1.29, 1.82) is 0 Å². The van der Waals surface area contributed by atoms with E-state index in [9.17, 15) is 14.0 Å². The van der Waals surface area contributed by atoms with Gasteiger partial charge in [0.15, 0.2) is 4.80 Å². The van der Waals surface area contributed by atoms with Gasteiger partial charge in [-0.05, 0) is 51.5 Å². The molecular formula is C23H23FN4O3S. The second-order valence-electron chi connectivity index (χ2n) is 7.38. The summed E-state index contributed by atoms with van der Waals surface area (Å²) < 4.78 is 22.6. The van der Waals surface area contributed by atoms with Crippen LogP contribution in [0.4, 0.5) is 4.39 Å². The molecule has 0 spiro atoms. The molecule has 0 saturated carbocycles. The number of halogens is 1. The lowest BCUT2D eigenvalue weighted by Gasteiger charge is -2.24. The second kappa shape index (κ2) is 8.66. The first kappa shape index (κ1) is 21.9. The van der Waals surface area contributed by atoms with Gasteiger partial charge in [0.1, 0.15) is 5.82 Å². The van der Waals surface area contributed by atoms with Crippen molar-refractivity contribution in [2.45, 2.75) is 40.3 Å². The number of carbonyl (C=O) groups excluding carboxylic acids is 1. The molecule has 2 aromatic heterocycles. The summed E-state index contributed by atoms with van der Waals surface area (Å²) in [6.07, 6.45) is 3.68. The summed E-state index contributed by atoms with van der Waals surface area (Å²) in [6, 6.07) is 5.01. The summed E-state index contributed by atoms with van der Waals surface area (Å²) >= 11 is 1.25. The first-order chi connectivity index (χ1) is 15.3. The van der Waals surface area contributed by atoms with E-state index in [-0.39, 0.29) is 17.7 Å². The highest BCUT2D eigenvalue weighted by atomic mass is 32.1. The van der Waals surface area contributed by atoms with E-state index in [1.807, 2.05) is 24.7 Å². The third-order valence-electron chi connectivity index (χ3n) is 5.30. The molecule has 1 aromatic carbocycles. The van der Waals surface area contributed by atoms with Gasteiger partial charge in [0.05, 0.1) is 34.1 Å². The van der Waals surface area contributed by atoms with Gasteiger partial charge in [0.25, 0.3) is 5.56 Å². The van der Waals surface area contributed by atoms with Crippen LogP contribution in [0.25, 0.3) is 6.08 Å². The van der Waals surface area contributed by atoms with Crippen LogP contribution in [0.15, 0.2) is 51.5 Å². The van der Waals surface area contributed by atoms with Gasteiger partial charge in [0.2, 0.25) is 0 Å². The van der Waals surface area contributed by atoms with Crippen LogP contribution < -0.4 is 14.9 Å². The Bertz CT molecular complexity index is 1400. The number of rotatable bonds is 5. The molecule has 0 aliphatic carbocycles. The lowest BCUT2D eigenvalue weighted by atomic mass is 9.96. The van der Waals surface area contributed by atoms with E-state index >= 15 is 0 Å². The Labute approximate surface area is 187 Å². The average molecular weight is 455 g/mol. The molecule has 1 unspecified atom stereocenters. The maximum absolute atomic E-state index is 13.6. The van der Waals surface area contributed by atoms with Crippen LogP contribution in [0.3, 0.4) is 0 Å². The first-order valence-corrected chi connectivity index (χ1v) is 11.1. The van der Waals surface area contributed by atoms with Crippen LogP contribution in [0.2, 0.25) is 0 Å². The quantitative estimate of drug-likeness (QED) is 0.555. The fraction of sp³-hybridized carbons (Fsp3) is 0.304. The number of allylic oxidation sites excluding steroid dienone is 1. The Hall–Kier alpha value is -3.33. The zero-order chi connectivity index (χ0) is 23.0. The van der Waals surface area contributed by atoms with E-state index in [2.05, 4.69) is 10.1 Å². The van der Waals surface area contributed by atoms with E-state index in [0.29, 0.717) is 20.6 Å². The molecule has 32 heavy (non-hydrogen) atoms. The molecule has 1 atom stereocenters. The molecule has 0 N–H and O–H groups in total. The van der Waals surface area contributed by atoms with Gasteiger partial charge in [-0.25, -0.2) is 14.2 Å². The molecule has 0 radical (unpaired) electrons. The van der Waals surface area contributed by atoms with E-state index < -0.39 is 17.8 Å². The topological polar surface area (TPSA) is 78.5 Å².